The van der Waals surface area contributed by atoms with Crippen LogP contribution in [0.15, 0.2) is 12.7 Å². The van der Waals surface area contributed by atoms with Crippen LogP contribution in [-0.4, -0.2) is 30.6 Å². The van der Waals surface area contributed by atoms with Gasteiger partial charge in [-0.25, -0.2) is 0 Å². The Kier molecular flexibility index (Phi) is 5.86. The van der Waals surface area contributed by atoms with Crippen molar-refractivity contribution in [1.82, 2.24) is 0 Å². The van der Waals surface area contributed by atoms with E-state index in [2.05, 4.69) is 27.4 Å². The van der Waals surface area contributed by atoms with Gasteiger partial charge in [-0.05, 0) is 0 Å². The normalized spacial score (nSPS) is 24.4. The van der Waals surface area contributed by atoms with Crippen molar-refractivity contribution in [2.45, 2.75) is 63.4 Å². The molecular formula is C14H28OSn. The van der Waals surface area contributed by atoms with Crippen molar-refractivity contribution < 1.29 is 4.74 Å². The number of hydrogen-bond acceptors (Lipinski definition) is 1. The van der Waals surface area contributed by atoms with E-state index < -0.39 is 18.4 Å². The van der Waals surface area contributed by atoms with Gasteiger partial charge >= 0.3 is 106 Å². The second kappa shape index (κ2) is 6.44. The summed E-state index contributed by atoms with van der Waals surface area (Å²) in [6, 6.07) is 0. The fraction of sp³-hybridized carbons (Fsp3) is 0.857. The summed E-state index contributed by atoms with van der Waals surface area (Å²) in [6.45, 7) is 12.1. The van der Waals surface area contributed by atoms with Crippen LogP contribution in [0, 0.1) is 0 Å². The van der Waals surface area contributed by atoms with Gasteiger partial charge < -0.3 is 0 Å². The fourth-order valence-corrected chi connectivity index (χ4v) is 12.7. The predicted molar refractivity (Wildman–Crippen MR) is 74.7 cm³/mol. The molecule has 1 saturated heterocycles. The van der Waals surface area contributed by atoms with E-state index in [0.717, 1.165) is 13.0 Å². The molecule has 0 radical (unpaired) electrons. The average Bonchev–Trinajstić information content (AvgIpc) is 3.06. The Morgan fingerprint density at radius 2 is 1.81 bits per heavy atom. The Balaban J connectivity index is 2.30. The molecule has 94 valence electrons. The minimum absolute atomic E-state index is 0.231. The van der Waals surface area contributed by atoms with Gasteiger partial charge in [-0.3, -0.25) is 0 Å². The van der Waals surface area contributed by atoms with E-state index in [-0.39, 0.29) is 5.60 Å². The van der Waals surface area contributed by atoms with Gasteiger partial charge in [0.25, 0.3) is 0 Å². The van der Waals surface area contributed by atoms with Crippen LogP contribution in [0.5, 0.6) is 0 Å². The van der Waals surface area contributed by atoms with Gasteiger partial charge in [0.2, 0.25) is 0 Å². The van der Waals surface area contributed by atoms with Crippen LogP contribution in [0.25, 0.3) is 0 Å². The maximum absolute atomic E-state index is 5.60. The molecule has 0 aromatic carbocycles. The topological polar surface area (TPSA) is 12.5 Å². The Bertz CT molecular complexity index is 209. The van der Waals surface area contributed by atoms with Gasteiger partial charge in [0.15, 0.2) is 0 Å². The number of hydrogen-bond donors (Lipinski definition) is 0. The molecule has 1 nitrogen and oxygen atoms in total. The first-order valence-corrected chi connectivity index (χ1v) is 15.0. The molecule has 0 saturated carbocycles. The van der Waals surface area contributed by atoms with E-state index in [4.69, 9.17) is 4.74 Å². The molecule has 1 atom stereocenters. The summed E-state index contributed by atoms with van der Waals surface area (Å²) in [4.78, 5) is 0. The van der Waals surface area contributed by atoms with E-state index >= 15 is 0 Å². The van der Waals surface area contributed by atoms with E-state index in [1.54, 1.807) is 4.44 Å². The van der Waals surface area contributed by atoms with E-state index in [0.29, 0.717) is 0 Å². The molecule has 0 amide bonds. The molecule has 0 aliphatic carbocycles. The van der Waals surface area contributed by atoms with Gasteiger partial charge in [0.1, 0.15) is 0 Å². The predicted octanol–water partition coefficient (Wildman–Crippen LogP) is 4.62. The standard InChI is InChI=1S/C8H13O.3C2H5.Sn/c1-3-5-8(6-4-2)7-9-8;3*1-2;/h3H,1-2,4-7H2;3*1H2,2H3;. The van der Waals surface area contributed by atoms with Crippen molar-refractivity contribution in [1.29, 1.82) is 0 Å². The van der Waals surface area contributed by atoms with Gasteiger partial charge in [0.05, 0.1) is 0 Å². The molecule has 1 unspecified atom stereocenters. The number of rotatable bonds is 9. The average molecular weight is 331 g/mol. The first-order chi connectivity index (χ1) is 7.66. The summed E-state index contributed by atoms with van der Waals surface area (Å²) < 4.78 is 11.7. The second-order valence-electron chi connectivity index (χ2n) is 5.38. The Morgan fingerprint density at radius 3 is 2.19 bits per heavy atom. The summed E-state index contributed by atoms with van der Waals surface area (Å²) in [6.07, 6.45) is 5.75. The van der Waals surface area contributed by atoms with E-state index in [1.165, 1.54) is 26.2 Å². The van der Waals surface area contributed by atoms with Crippen LogP contribution < -0.4 is 0 Å². The zero-order valence-electron chi connectivity index (χ0n) is 11.3. The van der Waals surface area contributed by atoms with Crippen molar-refractivity contribution in [3.63, 3.8) is 0 Å². The third-order valence-electron chi connectivity index (χ3n) is 4.66. The van der Waals surface area contributed by atoms with Gasteiger partial charge in [-0.1, -0.05) is 0 Å². The van der Waals surface area contributed by atoms with E-state index in [9.17, 15) is 0 Å². The molecule has 1 rings (SSSR count). The fourth-order valence-electron chi connectivity index (χ4n) is 2.80. The van der Waals surface area contributed by atoms with E-state index in [1.807, 2.05) is 6.08 Å². The molecule has 0 aromatic rings. The Hall–Kier alpha value is 0.499. The summed E-state index contributed by atoms with van der Waals surface area (Å²) in [5, 5.41) is 0. The Labute approximate surface area is 106 Å². The molecule has 16 heavy (non-hydrogen) atoms. The van der Waals surface area contributed by atoms with Crippen LogP contribution in [0.4, 0.5) is 0 Å². The number of ether oxygens (including phenoxy) is 1. The first-order valence-electron chi connectivity index (χ1n) is 6.91. The molecular weight excluding hydrogens is 303 g/mol. The van der Waals surface area contributed by atoms with Crippen molar-refractivity contribution in [2.24, 2.45) is 0 Å². The third kappa shape index (κ3) is 3.76. The number of epoxide rings is 1. The second-order valence-corrected chi connectivity index (χ2v) is 21.4. The molecule has 1 fully saturated rings. The monoisotopic (exact) mass is 332 g/mol. The van der Waals surface area contributed by atoms with Crippen LogP contribution >= 0.6 is 0 Å². The molecule has 0 N–H and O–H groups in total. The summed E-state index contributed by atoms with van der Waals surface area (Å²) >= 11 is -1.65. The third-order valence-corrected chi connectivity index (χ3v) is 21.5. The SMILES string of the molecule is C=CCC1(CC[CH2][Sn]([CH2]C)([CH2]C)[CH2]C)CO1. The maximum atomic E-state index is 5.60. The molecule has 0 spiro atoms. The van der Waals surface area contributed by atoms with Gasteiger partial charge in [-0.15, -0.1) is 0 Å². The molecule has 0 bridgehead atoms. The van der Waals surface area contributed by atoms with Gasteiger partial charge in [0, 0.05) is 0 Å². The zero-order valence-corrected chi connectivity index (χ0v) is 14.2. The molecule has 1 aliphatic rings. The van der Waals surface area contributed by atoms with Crippen molar-refractivity contribution >= 4 is 18.4 Å². The molecule has 1 heterocycles. The van der Waals surface area contributed by atoms with Gasteiger partial charge in [-0.2, -0.15) is 0 Å². The summed E-state index contributed by atoms with van der Waals surface area (Å²) in [5.41, 5.74) is 0.231. The minimum atomic E-state index is -1.65. The molecule has 0 aromatic heterocycles. The Morgan fingerprint density at radius 1 is 1.25 bits per heavy atom. The van der Waals surface area contributed by atoms with Crippen LogP contribution in [-0.2, 0) is 4.74 Å². The molecule has 1 aliphatic heterocycles. The molecule has 2 heteroatoms. The van der Waals surface area contributed by atoms with Crippen molar-refractivity contribution in [2.75, 3.05) is 6.61 Å². The van der Waals surface area contributed by atoms with Crippen molar-refractivity contribution in [3.8, 4) is 0 Å². The first kappa shape index (κ1) is 14.6. The zero-order chi connectivity index (χ0) is 12.1. The summed E-state index contributed by atoms with van der Waals surface area (Å²) in [5.74, 6) is 0. The summed E-state index contributed by atoms with van der Waals surface area (Å²) in [7, 11) is 0. The quantitative estimate of drug-likeness (QED) is 0.341. The van der Waals surface area contributed by atoms with Crippen LogP contribution in [0.3, 0.4) is 0 Å². The van der Waals surface area contributed by atoms with Crippen LogP contribution in [0.2, 0.25) is 17.7 Å². The van der Waals surface area contributed by atoms with Crippen LogP contribution in [0.1, 0.15) is 40.0 Å². The van der Waals surface area contributed by atoms with Crippen molar-refractivity contribution in [3.05, 3.63) is 12.7 Å².